The molecule has 0 aliphatic rings. The van der Waals surface area contributed by atoms with Crippen molar-refractivity contribution in [1.82, 2.24) is 5.32 Å². The maximum Gasteiger partial charge on any atom is 0.108 e. The van der Waals surface area contributed by atoms with Crippen molar-refractivity contribution >= 4 is 27.3 Å². The van der Waals surface area contributed by atoms with Crippen LogP contribution in [-0.4, -0.2) is 7.05 Å². The standard InChI is InChI=1S/C12H14BrNOS/c1-3-9-8(6-7-15-9)12(14-2)10-4-5-11(13)16-10/h4-7,12,14H,3H2,1-2H3. The number of aryl methyl sites for hydroxylation is 1. The molecule has 0 fully saturated rings. The molecule has 1 unspecified atom stereocenters. The maximum absolute atomic E-state index is 5.48. The van der Waals surface area contributed by atoms with E-state index in [1.807, 2.05) is 13.1 Å². The molecule has 1 atom stereocenters. The van der Waals surface area contributed by atoms with Crippen molar-refractivity contribution in [2.75, 3.05) is 7.05 Å². The lowest BCUT2D eigenvalue weighted by Gasteiger charge is -2.14. The average Bonchev–Trinajstić information content (AvgIpc) is 2.89. The smallest absolute Gasteiger partial charge is 0.108 e. The molecule has 2 rings (SSSR count). The Labute approximate surface area is 108 Å². The number of thiophene rings is 1. The first-order chi connectivity index (χ1) is 7.76. The van der Waals surface area contributed by atoms with Crippen molar-refractivity contribution in [3.8, 4) is 0 Å². The molecule has 0 amide bonds. The van der Waals surface area contributed by atoms with Crippen LogP contribution in [0.15, 0.2) is 32.7 Å². The molecule has 1 N–H and O–H groups in total. The monoisotopic (exact) mass is 299 g/mol. The molecule has 0 aromatic carbocycles. The largest absolute Gasteiger partial charge is 0.469 e. The number of hydrogen-bond donors (Lipinski definition) is 1. The summed E-state index contributed by atoms with van der Waals surface area (Å²) in [7, 11) is 1.98. The van der Waals surface area contributed by atoms with E-state index in [1.54, 1.807) is 17.6 Å². The number of rotatable bonds is 4. The first kappa shape index (κ1) is 11.9. The molecule has 2 heterocycles. The van der Waals surface area contributed by atoms with E-state index in [0.717, 1.165) is 16.0 Å². The Morgan fingerprint density at radius 3 is 2.81 bits per heavy atom. The fraction of sp³-hybridized carbons (Fsp3) is 0.333. The Bertz CT molecular complexity index is 463. The van der Waals surface area contributed by atoms with Gasteiger partial charge in [0.15, 0.2) is 0 Å². The predicted molar refractivity (Wildman–Crippen MR) is 71.0 cm³/mol. The van der Waals surface area contributed by atoms with Crippen molar-refractivity contribution < 1.29 is 4.42 Å². The van der Waals surface area contributed by atoms with Gasteiger partial charge in [-0.25, -0.2) is 0 Å². The second-order valence-electron chi connectivity index (χ2n) is 3.52. The summed E-state index contributed by atoms with van der Waals surface area (Å²) in [5.41, 5.74) is 1.24. The van der Waals surface area contributed by atoms with Crippen molar-refractivity contribution in [2.24, 2.45) is 0 Å². The van der Waals surface area contributed by atoms with Gasteiger partial charge in [-0.15, -0.1) is 11.3 Å². The molecule has 2 nitrogen and oxygen atoms in total. The third-order valence-corrected chi connectivity index (χ3v) is 4.27. The molecular weight excluding hydrogens is 286 g/mol. The zero-order chi connectivity index (χ0) is 11.5. The topological polar surface area (TPSA) is 25.2 Å². The second kappa shape index (κ2) is 5.17. The van der Waals surface area contributed by atoms with E-state index in [2.05, 4.69) is 40.3 Å². The van der Waals surface area contributed by atoms with Gasteiger partial charge in [0.25, 0.3) is 0 Å². The van der Waals surface area contributed by atoms with Crippen LogP contribution in [-0.2, 0) is 6.42 Å². The van der Waals surface area contributed by atoms with Gasteiger partial charge in [-0.2, -0.15) is 0 Å². The highest BCUT2D eigenvalue weighted by atomic mass is 79.9. The van der Waals surface area contributed by atoms with Gasteiger partial charge in [-0.3, -0.25) is 0 Å². The van der Waals surface area contributed by atoms with Crippen LogP contribution in [0.4, 0.5) is 0 Å². The number of furan rings is 1. The van der Waals surface area contributed by atoms with Crippen molar-refractivity contribution in [3.63, 3.8) is 0 Å². The quantitative estimate of drug-likeness (QED) is 0.924. The van der Waals surface area contributed by atoms with Crippen LogP contribution >= 0.6 is 27.3 Å². The van der Waals surface area contributed by atoms with Gasteiger partial charge >= 0.3 is 0 Å². The summed E-state index contributed by atoms with van der Waals surface area (Å²) in [5.74, 6) is 1.06. The molecule has 0 aliphatic carbocycles. The SMILES string of the molecule is CCc1occc1C(NC)c1ccc(Br)s1. The van der Waals surface area contributed by atoms with E-state index in [0.29, 0.717) is 0 Å². The van der Waals surface area contributed by atoms with Crippen molar-refractivity contribution in [1.29, 1.82) is 0 Å². The van der Waals surface area contributed by atoms with Crippen molar-refractivity contribution in [2.45, 2.75) is 19.4 Å². The zero-order valence-corrected chi connectivity index (χ0v) is 11.7. The fourth-order valence-electron chi connectivity index (χ4n) is 1.83. The molecule has 0 radical (unpaired) electrons. The Kier molecular flexibility index (Phi) is 3.84. The number of halogens is 1. The van der Waals surface area contributed by atoms with Gasteiger partial charge in [0.2, 0.25) is 0 Å². The summed E-state index contributed by atoms with van der Waals surface area (Å²) in [6.07, 6.45) is 2.69. The number of nitrogens with one attached hydrogen (secondary N) is 1. The Morgan fingerprint density at radius 2 is 2.25 bits per heavy atom. The third kappa shape index (κ3) is 2.24. The molecule has 0 spiro atoms. The first-order valence-electron chi connectivity index (χ1n) is 5.25. The van der Waals surface area contributed by atoms with E-state index in [4.69, 9.17) is 4.42 Å². The molecule has 0 saturated carbocycles. The molecule has 0 bridgehead atoms. The first-order valence-corrected chi connectivity index (χ1v) is 6.86. The Morgan fingerprint density at radius 1 is 1.44 bits per heavy atom. The van der Waals surface area contributed by atoms with Gasteiger partial charge < -0.3 is 9.73 Å². The zero-order valence-electron chi connectivity index (χ0n) is 9.29. The van der Waals surface area contributed by atoms with Gasteiger partial charge in [0, 0.05) is 16.9 Å². The highest BCUT2D eigenvalue weighted by molar-refractivity contribution is 9.11. The highest BCUT2D eigenvalue weighted by Gasteiger charge is 2.18. The predicted octanol–water partition coefficient (Wildman–Crippen LogP) is 3.97. The third-order valence-electron chi connectivity index (χ3n) is 2.58. The van der Waals surface area contributed by atoms with Crippen LogP contribution in [0.25, 0.3) is 0 Å². The lowest BCUT2D eigenvalue weighted by Crippen LogP contribution is -2.17. The molecule has 0 saturated heterocycles. The minimum atomic E-state index is 0.227. The average molecular weight is 300 g/mol. The minimum Gasteiger partial charge on any atom is -0.469 e. The Hall–Kier alpha value is -0.580. The highest BCUT2D eigenvalue weighted by Crippen LogP contribution is 2.32. The van der Waals surface area contributed by atoms with E-state index in [-0.39, 0.29) is 6.04 Å². The van der Waals surface area contributed by atoms with E-state index >= 15 is 0 Å². The maximum atomic E-state index is 5.48. The van der Waals surface area contributed by atoms with Gasteiger partial charge in [0.1, 0.15) is 5.76 Å². The summed E-state index contributed by atoms with van der Waals surface area (Å²) in [6.45, 7) is 2.11. The van der Waals surface area contributed by atoms with Gasteiger partial charge in [-0.05, 0) is 41.2 Å². The van der Waals surface area contributed by atoms with Crippen molar-refractivity contribution in [3.05, 3.63) is 44.4 Å². The summed E-state index contributed by atoms with van der Waals surface area (Å²) in [6, 6.07) is 6.50. The summed E-state index contributed by atoms with van der Waals surface area (Å²) < 4.78 is 6.63. The van der Waals surface area contributed by atoms with Crippen LogP contribution < -0.4 is 5.32 Å². The van der Waals surface area contributed by atoms with Gasteiger partial charge in [0.05, 0.1) is 16.1 Å². The van der Waals surface area contributed by atoms with Gasteiger partial charge in [-0.1, -0.05) is 6.92 Å². The Balaban J connectivity index is 2.36. The van der Waals surface area contributed by atoms with E-state index in [9.17, 15) is 0 Å². The molecule has 2 aromatic rings. The van der Waals surface area contributed by atoms with E-state index in [1.165, 1.54) is 10.4 Å². The number of hydrogen-bond acceptors (Lipinski definition) is 3. The van der Waals surface area contributed by atoms with Crippen LogP contribution in [0.2, 0.25) is 0 Å². The molecule has 4 heteroatoms. The van der Waals surface area contributed by atoms with Crippen LogP contribution in [0.1, 0.15) is 29.2 Å². The minimum absolute atomic E-state index is 0.227. The summed E-state index contributed by atoms with van der Waals surface area (Å²) >= 11 is 5.25. The molecule has 16 heavy (non-hydrogen) atoms. The van der Waals surface area contributed by atoms with Crippen LogP contribution in [0.5, 0.6) is 0 Å². The normalized spacial score (nSPS) is 12.9. The molecule has 0 aliphatic heterocycles. The molecule has 86 valence electrons. The lowest BCUT2D eigenvalue weighted by atomic mass is 10.1. The summed E-state index contributed by atoms with van der Waals surface area (Å²) in [4.78, 5) is 1.30. The lowest BCUT2D eigenvalue weighted by molar-refractivity contribution is 0.505. The van der Waals surface area contributed by atoms with Crippen LogP contribution in [0, 0.1) is 0 Å². The molecule has 2 aromatic heterocycles. The second-order valence-corrected chi connectivity index (χ2v) is 6.01. The summed E-state index contributed by atoms with van der Waals surface area (Å²) in [5, 5.41) is 3.34. The fourth-order valence-corrected chi connectivity index (χ4v) is 3.38. The van der Waals surface area contributed by atoms with E-state index < -0.39 is 0 Å². The van der Waals surface area contributed by atoms with Crippen LogP contribution in [0.3, 0.4) is 0 Å². The molecular formula is C12H14BrNOS.